The molecule has 1 heterocycles. The van der Waals surface area contributed by atoms with Gasteiger partial charge in [0.1, 0.15) is 17.5 Å². The molecular formula is C13H17N5. The molecule has 1 aromatic carbocycles. The first-order valence-corrected chi connectivity index (χ1v) is 5.94. The zero-order valence-corrected chi connectivity index (χ0v) is 10.4. The van der Waals surface area contributed by atoms with Crippen molar-refractivity contribution in [2.45, 2.75) is 19.9 Å². The molecule has 0 saturated heterocycles. The van der Waals surface area contributed by atoms with E-state index in [0.717, 1.165) is 24.6 Å². The third-order valence-electron chi connectivity index (χ3n) is 2.55. The molecule has 0 fully saturated rings. The Bertz CT molecular complexity index is 476. The number of aryl methyl sites for hydroxylation is 1. The number of rotatable bonds is 5. The highest BCUT2D eigenvalue weighted by Gasteiger charge is 2.02. The summed E-state index contributed by atoms with van der Waals surface area (Å²) >= 11 is 0. The molecule has 18 heavy (non-hydrogen) atoms. The molecule has 0 spiro atoms. The minimum absolute atomic E-state index is 0.623. The van der Waals surface area contributed by atoms with Crippen LogP contribution >= 0.6 is 0 Å². The van der Waals surface area contributed by atoms with Crippen molar-refractivity contribution < 1.29 is 0 Å². The topological polar surface area (TPSA) is 75.9 Å². The maximum Gasteiger partial charge on any atom is 0.145 e. The van der Waals surface area contributed by atoms with Gasteiger partial charge in [0, 0.05) is 19.0 Å². The monoisotopic (exact) mass is 243 g/mol. The highest BCUT2D eigenvalue weighted by Crippen LogP contribution is 2.12. The molecule has 5 nitrogen and oxygen atoms in total. The summed E-state index contributed by atoms with van der Waals surface area (Å²) in [7, 11) is 0. The molecule has 0 aliphatic heterocycles. The molecule has 0 aliphatic rings. The van der Waals surface area contributed by atoms with Crippen LogP contribution in [0, 0.1) is 0 Å². The minimum atomic E-state index is 0.623. The lowest BCUT2D eigenvalue weighted by molar-refractivity contribution is 0.931. The number of anilines is 2. The van der Waals surface area contributed by atoms with Crippen molar-refractivity contribution in [2.24, 2.45) is 5.84 Å². The lowest BCUT2D eigenvalue weighted by Crippen LogP contribution is -2.12. The minimum Gasteiger partial charge on any atom is -0.366 e. The number of nitrogen functional groups attached to an aromatic ring is 1. The van der Waals surface area contributed by atoms with Crippen LogP contribution in [0.2, 0.25) is 0 Å². The number of hydrogen-bond donors (Lipinski definition) is 3. The summed E-state index contributed by atoms with van der Waals surface area (Å²) in [5.41, 5.74) is 3.75. The molecule has 5 heteroatoms. The van der Waals surface area contributed by atoms with Gasteiger partial charge in [0.05, 0.1) is 0 Å². The molecule has 0 unspecified atom stereocenters. The Morgan fingerprint density at radius 3 is 2.50 bits per heavy atom. The first-order valence-electron chi connectivity index (χ1n) is 5.94. The molecule has 0 aliphatic carbocycles. The molecule has 0 amide bonds. The molecule has 0 atom stereocenters. The Labute approximate surface area is 106 Å². The zero-order chi connectivity index (χ0) is 12.8. The van der Waals surface area contributed by atoms with Crippen LogP contribution in [0.3, 0.4) is 0 Å². The smallest absolute Gasteiger partial charge is 0.145 e. The Morgan fingerprint density at radius 2 is 1.83 bits per heavy atom. The van der Waals surface area contributed by atoms with Gasteiger partial charge in [-0.05, 0) is 5.56 Å². The van der Waals surface area contributed by atoms with Crippen LogP contribution in [0.15, 0.2) is 36.4 Å². The summed E-state index contributed by atoms with van der Waals surface area (Å²) in [5, 5.41) is 3.26. The van der Waals surface area contributed by atoms with Crippen molar-refractivity contribution in [1.82, 2.24) is 9.97 Å². The molecular weight excluding hydrogens is 226 g/mol. The summed E-state index contributed by atoms with van der Waals surface area (Å²) in [6.07, 6.45) is 0.773. The maximum atomic E-state index is 5.38. The first-order chi connectivity index (χ1) is 8.81. The van der Waals surface area contributed by atoms with Crippen LogP contribution in [0.4, 0.5) is 11.6 Å². The van der Waals surface area contributed by atoms with Crippen molar-refractivity contribution in [1.29, 1.82) is 0 Å². The summed E-state index contributed by atoms with van der Waals surface area (Å²) in [5.74, 6) is 7.55. The molecule has 0 saturated carbocycles. The lowest BCUT2D eigenvalue weighted by atomic mass is 10.2. The largest absolute Gasteiger partial charge is 0.366 e. The van der Waals surface area contributed by atoms with Gasteiger partial charge in [-0.15, -0.1) is 0 Å². The molecule has 4 N–H and O–H groups in total. The van der Waals surface area contributed by atoms with Crippen LogP contribution in [0.5, 0.6) is 0 Å². The van der Waals surface area contributed by atoms with E-state index in [4.69, 9.17) is 5.84 Å². The van der Waals surface area contributed by atoms with Gasteiger partial charge < -0.3 is 10.7 Å². The molecule has 94 valence electrons. The fraction of sp³-hybridized carbons (Fsp3) is 0.231. The Balaban J connectivity index is 2.09. The number of nitrogens with one attached hydrogen (secondary N) is 2. The second kappa shape index (κ2) is 5.97. The van der Waals surface area contributed by atoms with Crippen molar-refractivity contribution in [3.63, 3.8) is 0 Å². The first kappa shape index (κ1) is 12.3. The highest BCUT2D eigenvalue weighted by atomic mass is 15.3. The summed E-state index contributed by atoms with van der Waals surface area (Å²) < 4.78 is 0. The Hall–Kier alpha value is -2.14. The SMILES string of the molecule is CCc1nc(NN)cc(NCc2ccccc2)n1. The van der Waals surface area contributed by atoms with E-state index in [1.165, 1.54) is 5.56 Å². The fourth-order valence-corrected chi connectivity index (χ4v) is 1.61. The van der Waals surface area contributed by atoms with Crippen molar-refractivity contribution in [3.05, 3.63) is 47.8 Å². The number of aromatic nitrogens is 2. The highest BCUT2D eigenvalue weighted by molar-refractivity contribution is 5.47. The molecule has 0 radical (unpaired) electrons. The van der Waals surface area contributed by atoms with Gasteiger partial charge in [-0.3, -0.25) is 0 Å². The fourth-order valence-electron chi connectivity index (χ4n) is 1.61. The van der Waals surface area contributed by atoms with Gasteiger partial charge in [-0.2, -0.15) is 0 Å². The van der Waals surface area contributed by atoms with E-state index < -0.39 is 0 Å². The van der Waals surface area contributed by atoms with Gasteiger partial charge >= 0.3 is 0 Å². The van der Waals surface area contributed by atoms with Crippen LogP contribution in [0.25, 0.3) is 0 Å². The number of nitrogens with zero attached hydrogens (tertiary/aromatic N) is 2. The normalized spacial score (nSPS) is 10.1. The van der Waals surface area contributed by atoms with Crippen molar-refractivity contribution in [2.75, 3.05) is 10.7 Å². The second-order valence-corrected chi connectivity index (χ2v) is 3.89. The maximum absolute atomic E-state index is 5.38. The number of nitrogens with two attached hydrogens (primary N) is 1. The molecule has 2 rings (SSSR count). The average molecular weight is 243 g/mol. The van der Waals surface area contributed by atoms with E-state index in [0.29, 0.717) is 5.82 Å². The van der Waals surface area contributed by atoms with E-state index in [2.05, 4.69) is 32.8 Å². The van der Waals surface area contributed by atoms with Gasteiger partial charge in [-0.25, -0.2) is 15.8 Å². The Kier molecular flexibility index (Phi) is 4.09. The zero-order valence-electron chi connectivity index (χ0n) is 10.4. The van der Waals surface area contributed by atoms with Gasteiger partial charge in [-0.1, -0.05) is 37.3 Å². The van der Waals surface area contributed by atoms with Gasteiger partial charge in [0.2, 0.25) is 0 Å². The van der Waals surface area contributed by atoms with E-state index in [1.807, 2.05) is 25.1 Å². The Morgan fingerprint density at radius 1 is 1.11 bits per heavy atom. The quantitative estimate of drug-likeness (QED) is 0.552. The standard InChI is InChI=1S/C13H17N5/c1-2-11-16-12(8-13(17-11)18-14)15-9-10-6-4-3-5-7-10/h3-8H,2,9,14H2,1H3,(H2,15,16,17,18). The summed E-state index contributed by atoms with van der Waals surface area (Å²) in [4.78, 5) is 8.64. The van der Waals surface area contributed by atoms with Gasteiger partial charge in [0.15, 0.2) is 0 Å². The lowest BCUT2D eigenvalue weighted by Gasteiger charge is -2.09. The predicted molar refractivity (Wildman–Crippen MR) is 73.0 cm³/mol. The van der Waals surface area contributed by atoms with E-state index in [1.54, 1.807) is 6.07 Å². The summed E-state index contributed by atoms with van der Waals surface area (Å²) in [6, 6.07) is 12.0. The number of benzene rings is 1. The van der Waals surface area contributed by atoms with Crippen molar-refractivity contribution in [3.8, 4) is 0 Å². The van der Waals surface area contributed by atoms with Crippen LogP contribution < -0.4 is 16.6 Å². The van der Waals surface area contributed by atoms with Crippen LogP contribution in [-0.4, -0.2) is 9.97 Å². The van der Waals surface area contributed by atoms with Crippen LogP contribution in [-0.2, 0) is 13.0 Å². The number of hydrazine groups is 1. The third kappa shape index (κ3) is 3.18. The van der Waals surface area contributed by atoms with E-state index >= 15 is 0 Å². The third-order valence-corrected chi connectivity index (χ3v) is 2.55. The van der Waals surface area contributed by atoms with Gasteiger partial charge in [0.25, 0.3) is 0 Å². The van der Waals surface area contributed by atoms with Crippen molar-refractivity contribution >= 4 is 11.6 Å². The molecule has 1 aromatic heterocycles. The van der Waals surface area contributed by atoms with E-state index in [9.17, 15) is 0 Å². The predicted octanol–water partition coefficient (Wildman–Crippen LogP) is 1.94. The number of hydrogen-bond acceptors (Lipinski definition) is 5. The molecule has 0 bridgehead atoms. The van der Waals surface area contributed by atoms with E-state index in [-0.39, 0.29) is 0 Å². The van der Waals surface area contributed by atoms with Crippen LogP contribution in [0.1, 0.15) is 18.3 Å². The second-order valence-electron chi connectivity index (χ2n) is 3.89. The average Bonchev–Trinajstić information content (AvgIpc) is 2.45. The molecule has 2 aromatic rings. The summed E-state index contributed by atoms with van der Waals surface area (Å²) in [6.45, 7) is 2.74.